The Kier molecular flexibility index (Phi) is 1.50. The number of carbonyl (C=O) groups is 1. The van der Waals surface area contributed by atoms with Crippen LogP contribution in [0.5, 0.6) is 0 Å². The maximum atomic E-state index is 10.9. The number of hydrogen-bond acceptors (Lipinski definition) is 2. The molecule has 1 aromatic rings. The first-order chi connectivity index (χ1) is 6.75. The fraction of sp³-hybridized carbons (Fsp3) is 0.500. The van der Waals surface area contributed by atoms with Crippen molar-refractivity contribution in [1.29, 1.82) is 0 Å². The first-order valence-corrected chi connectivity index (χ1v) is 4.91. The highest BCUT2D eigenvalue weighted by molar-refractivity contribution is 5.71. The second kappa shape index (κ2) is 2.60. The Morgan fingerprint density at radius 1 is 1.57 bits per heavy atom. The predicted octanol–water partition coefficient (Wildman–Crippen LogP) is 0.806. The molecule has 0 bridgehead atoms. The summed E-state index contributed by atoms with van der Waals surface area (Å²) in [5.41, 5.74) is 3.77. The molecule has 2 heterocycles. The van der Waals surface area contributed by atoms with Crippen LogP contribution in [0.2, 0.25) is 0 Å². The average molecular weight is 192 g/mol. The molecule has 1 aromatic heterocycles. The average Bonchev–Trinajstić information content (AvgIpc) is 2.74. The molecule has 0 amide bonds. The van der Waals surface area contributed by atoms with Crippen LogP contribution in [0.25, 0.3) is 0 Å². The van der Waals surface area contributed by atoms with Crippen molar-refractivity contribution in [1.82, 2.24) is 10.3 Å². The number of carboxylic acids is 1. The van der Waals surface area contributed by atoms with E-state index in [4.69, 9.17) is 5.11 Å². The van der Waals surface area contributed by atoms with Crippen LogP contribution < -0.4 is 5.32 Å². The molecule has 3 N–H and O–H groups in total. The van der Waals surface area contributed by atoms with Gasteiger partial charge in [-0.15, -0.1) is 0 Å². The quantitative estimate of drug-likeness (QED) is 0.616. The van der Waals surface area contributed by atoms with E-state index in [2.05, 4.69) is 10.3 Å². The van der Waals surface area contributed by atoms with Crippen LogP contribution in [0.15, 0.2) is 6.20 Å². The van der Waals surface area contributed by atoms with Gasteiger partial charge < -0.3 is 15.4 Å². The predicted molar refractivity (Wildman–Crippen MR) is 49.8 cm³/mol. The molecule has 2 atom stereocenters. The monoisotopic (exact) mass is 192 g/mol. The maximum Gasteiger partial charge on any atom is 0.306 e. The Morgan fingerprint density at radius 3 is 3.21 bits per heavy atom. The van der Waals surface area contributed by atoms with Crippen LogP contribution in [0.1, 0.15) is 29.3 Å². The van der Waals surface area contributed by atoms with E-state index in [0.717, 1.165) is 18.7 Å². The number of carboxylic acid groups (broad SMARTS) is 1. The summed E-state index contributed by atoms with van der Waals surface area (Å²) in [6.07, 6.45) is 3.39. The zero-order chi connectivity index (χ0) is 9.71. The van der Waals surface area contributed by atoms with Crippen LogP contribution in [0.3, 0.4) is 0 Å². The van der Waals surface area contributed by atoms with Gasteiger partial charge in [0.25, 0.3) is 0 Å². The maximum absolute atomic E-state index is 10.9. The van der Waals surface area contributed by atoms with Gasteiger partial charge in [0.15, 0.2) is 0 Å². The van der Waals surface area contributed by atoms with E-state index in [0.29, 0.717) is 6.42 Å². The number of H-pyrrole nitrogens is 1. The van der Waals surface area contributed by atoms with E-state index >= 15 is 0 Å². The first-order valence-electron chi connectivity index (χ1n) is 4.91. The van der Waals surface area contributed by atoms with Crippen LogP contribution in [-0.2, 0) is 17.8 Å². The largest absolute Gasteiger partial charge is 0.481 e. The lowest BCUT2D eigenvalue weighted by Gasteiger charge is -2.24. The smallest absolute Gasteiger partial charge is 0.306 e. The van der Waals surface area contributed by atoms with Gasteiger partial charge in [-0.05, 0) is 17.5 Å². The molecule has 0 aromatic carbocycles. The van der Waals surface area contributed by atoms with Crippen LogP contribution in [0.4, 0.5) is 0 Å². The van der Waals surface area contributed by atoms with Crippen molar-refractivity contribution in [2.75, 3.05) is 0 Å². The van der Waals surface area contributed by atoms with Crippen LogP contribution in [0, 0.1) is 5.92 Å². The third-order valence-corrected chi connectivity index (χ3v) is 3.30. The molecule has 74 valence electrons. The Bertz CT molecular complexity index is 397. The van der Waals surface area contributed by atoms with Crippen molar-refractivity contribution >= 4 is 5.97 Å². The topological polar surface area (TPSA) is 65.1 Å². The minimum absolute atomic E-state index is 0.232. The van der Waals surface area contributed by atoms with E-state index in [1.54, 1.807) is 0 Å². The summed E-state index contributed by atoms with van der Waals surface area (Å²) >= 11 is 0. The first kappa shape index (κ1) is 8.05. The van der Waals surface area contributed by atoms with Gasteiger partial charge in [-0.1, -0.05) is 0 Å². The SMILES string of the molecule is O=C(O)C1Cc2[nH]cc3c2C(C1)NC3. The lowest BCUT2D eigenvalue weighted by atomic mass is 9.85. The minimum atomic E-state index is -0.680. The molecule has 0 radical (unpaired) electrons. The van der Waals surface area contributed by atoms with E-state index in [1.165, 1.54) is 11.1 Å². The molecule has 3 rings (SSSR count). The fourth-order valence-electron chi connectivity index (χ4n) is 2.61. The Hall–Kier alpha value is -1.29. The summed E-state index contributed by atoms with van der Waals surface area (Å²) in [6, 6.07) is 0.265. The minimum Gasteiger partial charge on any atom is -0.481 e. The summed E-state index contributed by atoms with van der Waals surface area (Å²) in [6.45, 7) is 0.878. The van der Waals surface area contributed by atoms with Crippen molar-refractivity contribution < 1.29 is 9.90 Å². The zero-order valence-corrected chi connectivity index (χ0v) is 7.71. The van der Waals surface area contributed by atoms with Crippen molar-refractivity contribution in [2.24, 2.45) is 5.92 Å². The van der Waals surface area contributed by atoms with E-state index < -0.39 is 5.97 Å². The lowest BCUT2D eigenvalue weighted by molar-refractivity contribution is -0.142. The van der Waals surface area contributed by atoms with Crippen LogP contribution in [-0.4, -0.2) is 16.1 Å². The van der Waals surface area contributed by atoms with Crippen molar-refractivity contribution in [3.8, 4) is 0 Å². The third-order valence-electron chi connectivity index (χ3n) is 3.30. The number of nitrogens with one attached hydrogen (secondary N) is 2. The number of hydrogen-bond donors (Lipinski definition) is 3. The molecule has 14 heavy (non-hydrogen) atoms. The fourth-order valence-corrected chi connectivity index (χ4v) is 2.61. The van der Waals surface area contributed by atoms with Crippen molar-refractivity contribution in [3.05, 3.63) is 23.0 Å². The van der Waals surface area contributed by atoms with Gasteiger partial charge in [-0.2, -0.15) is 0 Å². The number of aromatic amines is 1. The lowest BCUT2D eigenvalue weighted by Crippen LogP contribution is -2.28. The number of aliphatic carboxylic acids is 1. The van der Waals surface area contributed by atoms with Crippen LogP contribution >= 0.6 is 0 Å². The Labute approximate surface area is 81.3 Å². The molecule has 2 aliphatic rings. The van der Waals surface area contributed by atoms with Gasteiger partial charge >= 0.3 is 5.97 Å². The van der Waals surface area contributed by atoms with Gasteiger partial charge in [-0.25, -0.2) is 0 Å². The summed E-state index contributed by atoms with van der Waals surface area (Å²) < 4.78 is 0. The number of rotatable bonds is 1. The van der Waals surface area contributed by atoms with Gasteiger partial charge in [-0.3, -0.25) is 4.79 Å². The number of aromatic nitrogens is 1. The van der Waals surface area contributed by atoms with Crippen molar-refractivity contribution in [2.45, 2.75) is 25.4 Å². The summed E-state index contributed by atoms with van der Waals surface area (Å²) in [7, 11) is 0. The molecule has 0 fully saturated rings. The molecule has 2 unspecified atom stereocenters. The third kappa shape index (κ3) is 0.944. The summed E-state index contributed by atoms with van der Waals surface area (Å²) in [4.78, 5) is 14.1. The normalized spacial score (nSPS) is 28.9. The molecule has 0 spiro atoms. The molecule has 4 heteroatoms. The molecule has 0 saturated heterocycles. The molecule has 1 aliphatic carbocycles. The van der Waals surface area contributed by atoms with E-state index in [1.807, 2.05) is 6.20 Å². The standard InChI is InChI=1S/C10H12N2O2/c13-10(14)5-1-7-9-6(3-11-7)4-12-8(9)2-5/h3,5,8,11-12H,1-2,4H2,(H,13,14). The molecule has 1 aliphatic heterocycles. The summed E-state index contributed by atoms with van der Waals surface area (Å²) in [5, 5.41) is 12.3. The molecule has 4 nitrogen and oxygen atoms in total. The highest BCUT2D eigenvalue weighted by Gasteiger charge is 2.36. The Morgan fingerprint density at radius 2 is 2.43 bits per heavy atom. The molecule has 0 saturated carbocycles. The van der Waals surface area contributed by atoms with Crippen molar-refractivity contribution in [3.63, 3.8) is 0 Å². The van der Waals surface area contributed by atoms with Gasteiger partial charge in [0.05, 0.1) is 5.92 Å². The zero-order valence-electron chi connectivity index (χ0n) is 7.71. The molecular weight excluding hydrogens is 180 g/mol. The highest BCUT2D eigenvalue weighted by Crippen LogP contribution is 2.38. The second-order valence-electron chi connectivity index (χ2n) is 4.11. The van der Waals surface area contributed by atoms with E-state index in [9.17, 15) is 4.79 Å². The highest BCUT2D eigenvalue weighted by atomic mass is 16.4. The van der Waals surface area contributed by atoms with Gasteiger partial charge in [0.2, 0.25) is 0 Å². The summed E-state index contributed by atoms with van der Waals surface area (Å²) in [5.74, 6) is -0.912. The van der Waals surface area contributed by atoms with Gasteiger partial charge in [0, 0.05) is 30.9 Å². The van der Waals surface area contributed by atoms with Gasteiger partial charge in [0.1, 0.15) is 0 Å². The second-order valence-corrected chi connectivity index (χ2v) is 4.11. The Balaban J connectivity index is 2.01. The molecular formula is C10H12N2O2. The van der Waals surface area contributed by atoms with E-state index in [-0.39, 0.29) is 12.0 Å².